The predicted octanol–water partition coefficient (Wildman–Crippen LogP) is 3.19. The third-order valence-electron chi connectivity index (χ3n) is 2.95. The lowest BCUT2D eigenvalue weighted by atomic mass is 10.1. The van der Waals surface area contributed by atoms with E-state index in [1.807, 2.05) is 45.4 Å². The lowest BCUT2D eigenvalue weighted by Crippen LogP contribution is -2.15. The fraction of sp³-hybridized carbons (Fsp3) is 0.400. The summed E-state index contributed by atoms with van der Waals surface area (Å²) < 4.78 is 5.07. The molecule has 0 saturated heterocycles. The van der Waals surface area contributed by atoms with E-state index in [1.165, 1.54) is 0 Å². The molecular weight excluding hydrogens is 254 g/mol. The second kappa shape index (κ2) is 6.43. The Hall–Kier alpha value is -2.01. The zero-order valence-electron chi connectivity index (χ0n) is 12.2. The van der Waals surface area contributed by atoms with E-state index in [9.17, 15) is 4.79 Å². The molecule has 0 unspecified atom stereocenters. The van der Waals surface area contributed by atoms with E-state index in [-0.39, 0.29) is 0 Å². The van der Waals surface area contributed by atoms with Crippen molar-refractivity contribution in [2.45, 2.75) is 19.9 Å². The van der Waals surface area contributed by atoms with Crippen LogP contribution in [0.2, 0.25) is 0 Å². The molecule has 0 aliphatic carbocycles. The molecule has 1 aromatic heterocycles. The quantitative estimate of drug-likeness (QED) is 0.881. The van der Waals surface area contributed by atoms with Crippen molar-refractivity contribution >= 4 is 22.7 Å². The Morgan fingerprint density at radius 2 is 2.20 bits per heavy atom. The first kappa shape index (κ1) is 14.4. The van der Waals surface area contributed by atoms with Crippen molar-refractivity contribution in [3.8, 4) is 0 Å². The predicted molar refractivity (Wildman–Crippen MR) is 81.0 cm³/mol. The summed E-state index contributed by atoms with van der Waals surface area (Å²) in [5.41, 5.74) is 2.94. The van der Waals surface area contributed by atoms with Gasteiger partial charge in [0.25, 0.3) is 0 Å². The van der Waals surface area contributed by atoms with Gasteiger partial charge in [-0.2, -0.15) is 0 Å². The standard InChI is InChI=1S/C15H21N3O2/c1-4-8-20-15(19)17-13-7-5-6-12-14(13)11(9-16-12)10-18(2)3/h5-7,9,16H,4,8,10H2,1-3H3,(H,17,19). The van der Waals surface area contributed by atoms with Gasteiger partial charge in [0.05, 0.1) is 12.3 Å². The fourth-order valence-electron chi connectivity index (χ4n) is 2.17. The normalized spacial score (nSPS) is 11.0. The van der Waals surface area contributed by atoms with Crippen LogP contribution in [0.3, 0.4) is 0 Å². The Morgan fingerprint density at radius 3 is 2.90 bits per heavy atom. The number of anilines is 1. The average Bonchev–Trinajstić information content (AvgIpc) is 2.80. The molecule has 2 aromatic rings. The third-order valence-corrected chi connectivity index (χ3v) is 2.95. The number of hydrogen-bond donors (Lipinski definition) is 2. The third kappa shape index (κ3) is 3.30. The van der Waals surface area contributed by atoms with Crippen molar-refractivity contribution in [3.05, 3.63) is 30.0 Å². The van der Waals surface area contributed by atoms with E-state index in [4.69, 9.17) is 4.74 Å². The summed E-state index contributed by atoms with van der Waals surface area (Å²) in [7, 11) is 4.04. The number of fused-ring (bicyclic) bond motifs is 1. The summed E-state index contributed by atoms with van der Waals surface area (Å²) in [5, 5.41) is 3.86. The summed E-state index contributed by atoms with van der Waals surface area (Å²) in [6.07, 6.45) is 2.39. The molecule has 1 heterocycles. The van der Waals surface area contributed by atoms with E-state index in [0.717, 1.165) is 35.1 Å². The van der Waals surface area contributed by atoms with Crippen LogP contribution in [0, 0.1) is 0 Å². The minimum Gasteiger partial charge on any atom is -0.449 e. The Labute approximate surface area is 118 Å². The lowest BCUT2D eigenvalue weighted by molar-refractivity contribution is 0.162. The molecule has 2 rings (SSSR count). The van der Waals surface area contributed by atoms with E-state index >= 15 is 0 Å². The minimum absolute atomic E-state index is 0.406. The SMILES string of the molecule is CCCOC(=O)Nc1cccc2[nH]cc(CN(C)C)c12. The molecule has 2 N–H and O–H groups in total. The van der Waals surface area contributed by atoms with Crippen molar-refractivity contribution in [3.63, 3.8) is 0 Å². The molecule has 0 aliphatic rings. The molecule has 1 amide bonds. The molecule has 0 spiro atoms. The van der Waals surface area contributed by atoms with Crippen LogP contribution in [0.4, 0.5) is 10.5 Å². The minimum atomic E-state index is -0.406. The van der Waals surface area contributed by atoms with Gasteiger partial charge in [-0.3, -0.25) is 5.32 Å². The van der Waals surface area contributed by atoms with E-state index in [1.54, 1.807) is 0 Å². The van der Waals surface area contributed by atoms with Gasteiger partial charge in [-0.15, -0.1) is 0 Å². The summed E-state index contributed by atoms with van der Waals surface area (Å²) in [6, 6.07) is 5.80. The highest BCUT2D eigenvalue weighted by atomic mass is 16.5. The molecule has 108 valence electrons. The summed E-state index contributed by atoms with van der Waals surface area (Å²) in [5.74, 6) is 0. The maximum atomic E-state index is 11.7. The molecular formula is C15H21N3O2. The summed E-state index contributed by atoms with van der Waals surface area (Å²) in [4.78, 5) is 17.0. The first-order valence-electron chi connectivity index (χ1n) is 6.79. The van der Waals surface area contributed by atoms with Gasteiger partial charge in [0.1, 0.15) is 0 Å². The summed E-state index contributed by atoms with van der Waals surface area (Å²) in [6.45, 7) is 3.21. The first-order valence-corrected chi connectivity index (χ1v) is 6.79. The second-order valence-electron chi connectivity index (χ2n) is 5.04. The largest absolute Gasteiger partial charge is 0.449 e. The lowest BCUT2D eigenvalue weighted by Gasteiger charge is -2.11. The smallest absolute Gasteiger partial charge is 0.411 e. The van der Waals surface area contributed by atoms with Crippen LogP contribution in [-0.4, -0.2) is 36.7 Å². The van der Waals surface area contributed by atoms with Crippen LogP contribution in [0.1, 0.15) is 18.9 Å². The molecule has 0 atom stereocenters. The molecule has 0 fully saturated rings. The summed E-state index contributed by atoms with van der Waals surface area (Å²) >= 11 is 0. The zero-order valence-corrected chi connectivity index (χ0v) is 12.2. The van der Waals surface area contributed by atoms with Crippen molar-refractivity contribution in [1.82, 2.24) is 9.88 Å². The van der Waals surface area contributed by atoms with Gasteiger partial charge >= 0.3 is 6.09 Å². The number of aromatic amines is 1. The van der Waals surface area contributed by atoms with Gasteiger partial charge in [-0.25, -0.2) is 4.79 Å². The fourth-order valence-corrected chi connectivity index (χ4v) is 2.17. The van der Waals surface area contributed by atoms with Crippen molar-refractivity contribution < 1.29 is 9.53 Å². The Balaban J connectivity index is 2.27. The van der Waals surface area contributed by atoms with Crippen molar-refractivity contribution in [2.24, 2.45) is 0 Å². The average molecular weight is 275 g/mol. The number of H-pyrrole nitrogens is 1. The topological polar surface area (TPSA) is 57.4 Å². The van der Waals surface area contributed by atoms with E-state index < -0.39 is 6.09 Å². The Kier molecular flexibility index (Phi) is 4.63. The highest BCUT2D eigenvalue weighted by molar-refractivity contribution is 6.00. The van der Waals surface area contributed by atoms with Gasteiger partial charge in [0, 0.05) is 23.6 Å². The molecule has 0 aliphatic heterocycles. The molecule has 5 heteroatoms. The van der Waals surface area contributed by atoms with Gasteiger partial charge in [0.15, 0.2) is 0 Å². The van der Waals surface area contributed by atoms with Crippen molar-refractivity contribution in [2.75, 3.05) is 26.0 Å². The van der Waals surface area contributed by atoms with Gasteiger partial charge in [0.2, 0.25) is 0 Å². The van der Waals surface area contributed by atoms with Crippen LogP contribution in [-0.2, 0) is 11.3 Å². The molecule has 1 aromatic carbocycles. The number of aromatic nitrogens is 1. The highest BCUT2D eigenvalue weighted by Crippen LogP contribution is 2.27. The van der Waals surface area contributed by atoms with Crippen molar-refractivity contribution in [1.29, 1.82) is 0 Å². The Morgan fingerprint density at radius 1 is 1.40 bits per heavy atom. The number of hydrogen-bond acceptors (Lipinski definition) is 3. The van der Waals surface area contributed by atoms with Gasteiger partial charge in [-0.1, -0.05) is 13.0 Å². The monoisotopic (exact) mass is 275 g/mol. The molecule has 5 nitrogen and oxygen atoms in total. The van der Waals surface area contributed by atoms with Gasteiger partial charge < -0.3 is 14.6 Å². The van der Waals surface area contributed by atoms with Crippen LogP contribution >= 0.6 is 0 Å². The maximum Gasteiger partial charge on any atom is 0.411 e. The van der Waals surface area contributed by atoms with E-state index in [0.29, 0.717) is 6.61 Å². The highest BCUT2D eigenvalue weighted by Gasteiger charge is 2.11. The molecule has 0 bridgehead atoms. The van der Waals surface area contributed by atoms with Crippen LogP contribution in [0.25, 0.3) is 10.9 Å². The number of nitrogens with zero attached hydrogens (tertiary/aromatic N) is 1. The number of carbonyl (C=O) groups is 1. The Bertz CT molecular complexity index is 590. The molecule has 0 saturated carbocycles. The number of carbonyl (C=O) groups excluding carboxylic acids is 1. The second-order valence-corrected chi connectivity index (χ2v) is 5.04. The van der Waals surface area contributed by atoms with Gasteiger partial charge in [-0.05, 0) is 38.2 Å². The van der Waals surface area contributed by atoms with E-state index in [2.05, 4.69) is 15.2 Å². The zero-order chi connectivity index (χ0) is 14.5. The van der Waals surface area contributed by atoms with Crippen LogP contribution in [0.15, 0.2) is 24.4 Å². The maximum absolute atomic E-state index is 11.7. The number of benzene rings is 1. The van der Waals surface area contributed by atoms with Crippen LogP contribution in [0.5, 0.6) is 0 Å². The molecule has 20 heavy (non-hydrogen) atoms. The first-order chi connectivity index (χ1) is 9.61. The number of rotatable bonds is 5. The molecule has 0 radical (unpaired) electrons. The number of ether oxygens (including phenoxy) is 1. The number of nitrogens with one attached hydrogen (secondary N) is 2. The number of amides is 1. The van der Waals surface area contributed by atoms with Crippen LogP contribution < -0.4 is 5.32 Å².